The van der Waals surface area contributed by atoms with Crippen molar-refractivity contribution in [2.45, 2.75) is 39.4 Å². The van der Waals surface area contributed by atoms with Gasteiger partial charge < -0.3 is 5.32 Å². The summed E-state index contributed by atoms with van der Waals surface area (Å²) in [6, 6.07) is 1.96. The van der Waals surface area contributed by atoms with Crippen LogP contribution in [-0.4, -0.2) is 12.1 Å². The molecule has 0 radical (unpaired) electrons. The van der Waals surface area contributed by atoms with Crippen molar-refractivity contribution in [3.63, 3.8) is 0 Å². The summed E-state index contributed by atoms with van der Waals surface area (Å²) >= 11 is 1.49. The Morgan fingerprint density at radius 2 is 2.14 bits per heavy atom. The molecule has 80 valence electrons. The maximum absolute atomic E-state index is 13.7. The topological polar surface area (TPSA) is 12.0 Å². The van der Waals surface area contributed by atoms with Gasteiger partial charge in [0.2, 0.25) is 0 Å². The fourth-order valence-corrected chi connectivity index (χ4v) is 2.10. The lowest BCUT2D eigenvalue weighted by atomic mass is 10.1. The lowest BCUT2D eigenvalue weighted by Crippen LogP contribution is -2.37. The fraction of sp³-hybridized carbons (Fsp3) is 0.636. The number of halogens is 1. The van der Waals surface area contributed by atoms with Gasteiger partial charge in [0.1, 0.15) is 6.17 Å². The van der Waals surface area contributed by atoms with E-state index in [1.54, 1.807) is 0 Å². The van der Waals surface area contributed by atoms with Gasteiger partial charge in [0.05, 0.1) is 0 Å². The monoisotopic (exact) mass is 215 g/mol. The van der Waals surface area contributed by atoms with Gasteiger partial charge in [-0.3, -0.25) is 0 Å². The lowest BCUT2D eigenvalue weighted by molar-refractivity contribution is 0.294. The summed E-state index contributed by atoms with van der Waals surface area (Å²) in [5.41, 5.74) is 1.04. The van der Waals surface area contributed by atoms with Gasteiger partial charge in [0.25, 0.3) is 0 Å². The number of hydrogen-bond donors (Lipinski definition) is 1. The van der Waals surface area contributed by atoms with Crippen LogP contribution >= 0.6 is 11.3 Å². The highest BCUT2D eigenvalue weighted by atomic mass is 32.1. The summed E-state index contributed by atoms with van der Waals surface area (Å²) in [7, 11) is 0. The first-order valence-electron chi connectivity index (χ1n) is 4.83. The molecule has 0 aliphatic rings. The summed E-state index contributed by atoms with van der Waals surface area (Å²) in [4.78, 5) is 0.849. The summed E-state index contributed by atoms with van der Waals surface area (Å²) < 4.78 is 13.7. The molecule has 1 N–H and O–H groups in total. The van der Waals surface area contributed by atoms with Crippen LogP contribution in [0.1, 0.15) is 37.4 Å². The Kier molecular flexibility index (Phi) is 3.67. The van der Waals surface area contributed by atoms with E-state index in [0.717, 1.165) is 10.4 Å². The SMILES string of the molecule is Cc1ccsc1C(F)CNC(C)(C)C. The van der Waals surface area contributed by atoms with E-state index >= 15 is 0 Å². The third-order valence-electron chi connectivity index (χ3n) is 2.00. The third kappa shape index (κ3) is 3.39. The molecule has 14 heavy (non-hydrogen) atoms. The van der Waals surface area contributed by atoms with Gasteiger partial charge in [0.15, 0.2) is 0 Å². The second-order valence-corrected chi connectivity index (χ2v) is 5.51. The van der Waals surface area contributed by atoms with Crippen molar-refractivity contribution in [1.82, 2.24) is 5.32 Å². The predicted molar refractivity (Wildman–Crippen MR) is 60.7 cm³/mol. The molecular weight excluding hydrogens is 197 g/mol. The van der Waals surface area contributed by atoms with Crippen LogP contribution in [0.15, 0.2) is 11.4 Å². The number of aryl methyl sites for hydroxylation is 1. The smallest absolute Gasteiger partial charge is 0.147 e. The molecule has 1 atom stereocenters. The van der Waals surface area contributed by atoms with Crippen molar-refractivity contribution in [3.8, 4) is 0 Å². The number of rotatable bonds is 3. The normalized spacial score (nSPS) is 14.4. The second kappa shape index (κ2) is 4.41. The van der Waals surface area contributed by atoms with E-state index in [1.807, 2.05) is 39.1 Å². The Bertz CT molecular complexity index is 288. The molecule has 1 aromatic heterocycles. The fourth-order valence-electron chi connectivity index (χ4n) is 1.19. The molecule has 0 aliphatic heterocycles. The van der Waals surface area contributed by atoms with Crippen molar-refractivity contribution in [2.24, 2.45) is 0 Å². The van der Waals surface area contributed by atoms with Crippen molar-refractivity contribution in [1.29, 1.82) is 0 Å². The first-order valence-corrected chi connectivity index (χ1v) is 5.71. The summed E-state index contributed by atoms with van der Waals surface area (Å²) in [5, 5.41) is 5.11. The van der Waals surface area contributed by atoms with Gasteiger partial charge in [-0.2, -0.15) is 0 Å². The highest BCUT2D eigenvalue weighted by Gasteiger charge is 2.17. The average Bonchev–Trinajstić information content (AvgIpc) is 2.46. The molecular formula is C11H18FNS. The molecule has 0 spiro atoms. The number of alkyl halides is 1. The van der Waals surface area contributed by atoms with Crippen LogP contribution < -0.4 is 5.32 Å². The van der Waals surface area contributed by atoms with Gasteiger partial charge in [-0.15, -0.1) is 11.3 Å². The van der Waals surface area contributed by atoms with Crippen LogP contribution in [0, 0.1) is 6.92 Å². The summed E-state index contributed by atoms with van der Waals surface area (Å²) in [5.74, 6) is 0. The van der Waals surface area contributed by atoms with Gasteiger partial charge in [0, 0.05) is 17.0 Å². The Hall–Kier alpha value is -0.410. The molecule has 1 aromatic rings. The van der Waals surface area contributed by atoms with Gasteiger partial charge in [-0.1, -0.05) is 0 Å². The quantitative estimate of drug-likeness (QED) is 0.814. The maximum Gasteiger partial charge on any atom is 0.147 e. The Labute approximate surface area is 89.3 Å². The van der Waals surface area contributed by atoms with Crippen LogP contribution in [0.3, 0.4) is 0 Å². The second-order valence-electron chi connectivity index (χ2n) is 4.57. The Morgan fingerprint density at radius 3 is 2.57 bits per heavy atom. The minimum Gasteiger partial charge on any atom is -0.309 e. The summed E-state index contributed by atoms with van der Waals surface area (Å²) in [6.07, 6.45) is -0.880. The molecule has 1 unspecified atom stereocenters. The van der Waals surface area contributed by atoms with E-state index in [9.17, 15) is 4.39 Å². The highest BCUT2D eigenvalue weighted by molar-refractivity contribution is 7.10. The molecule has 3 heteroatoms. The van der Waals surface area contributed by atoms with Gasteiger partial charge >= 0.3 is 0 Å². The molecule has 0 fully saturated rings. The molecule has 0 aromatic carbocycles. The zero-order valence-electron chi connectivity index (χ0n) is 9.23. The van der Waals surface area contributed by atoms with Crippen LogP contribution in [0.2, 0.25) is 0 Å². The van der Waals surface area contributed by atoms with Gasteiger partial charge in [-0.25, -0.2) is 4.39 Å². The van der Waals surface area contributed by atoms with E-state index in [-0.39, 0.29) is 5.54 Å². The lowest BCUT2D eigenvalue weighted by Gasteiger charge is -2.21. The maximum atomic E-state index is 13.7. The molecule has 0 aliphatic carbocycles. The Morgan fingerprint density at radius 1 is 1.50 bits per heavy atom. The minimum atomic E-state index is -0.880. The number of thiophene rings is 1. The molecule has 0 bridgehead atoms. The largest absolute Gasteiger partial charge is 0.309 e. The minimum absolute atomic E-state index is 0.0183. The number of hydrogen-bond acceptors (Lipinski definition) is 2. The van der Waals surface area contributed by atoms with Crippen molar-refractivity contribution in [2.75, 3.05) is 6.54 Å². The summed E-state index contributed by atoms with van der Waals surface area (Å²) in [6.45, 7) is 8.48. The van der Waals surface area contributed by atoms with Gasteiger partial charge in [-0.05, 0) is 44.7 Å². The van der Waals surface area contributed by atoms with E-state index in [0.29, 0.717) is 6.54 Å². The zero-order chi connectivity index (χ0) is 10.8. The zero-order valence-corrected chi connectivity index (χ0v) is 10.0. The molecule has 1 rings (SSSR count). The van der Waals surface area contributed by atoms with Crippen LogP contribution in [0.5, 0.6) is 0 Å². The average molecular weight is 215 g/mol. The predicted octanol–water partition coefficient (Wildman–Crippen LogP) is 3.46. The van der Waals surface area contributed by atoms with E-state index in [4.69, 9.17) is 0 Å². The molecule has 1 nitrogen and oxygen atoms in total. The molecule has 0 saturated carbocycles. The first kappa shape index (κ1) is 11.7. The first-order chi connectivity index (χ1) is 6.40. The molecule has 1 heterocycles. The van der Waals surface area contributed by atoms with Crippen molar-refractivity contribution < 1.29 is 4.39 Å². The van der Waals surface area contributed by atoms with E-state index in [2.05, 4.69) is 5.32 Å². The van der Waals surface area contributed by atoms with Crippen LogP contribution in [-0.2, 0) is 0 Å². The third-order valence-corrected chi connectivity index (χ3v) is 3.10. The Balaban J connectivity index is 2.51. The van der Waals surface area contributed by atoms with E-state index in [1.165, 1.54) is 11.3 Å². The van der Waals surface area contributed by atoms with Crippen molar-refractivity contribution >= 4 is 11.3 Å². The highest BCUT2D eigenvalue weighted by Crippen LogP contribution is 2.26. The standard InChI is InChI=1S/C11H18FNS/c1-8-5-6-14-10(8)9(12)7-13-11(2,3)4/h5-6,9,13H,7H2,1-4H3. The molecule has 0 saturated heterocycles. The molecule has 0 amide bonds. The van der Waals surface area contributed by atoms with E-state index < -0.39 is 6.17 Å². The van der Waals surface area contributed by atoms with Crippen LogP contribution in [0.4, 0.5) is 4.39 Å². The van der Waals surface area contributed by atoms with Crippen molar-refractivity contribution in [3.05, 3.63) is 21.9 Å². The van der Waals surface area contributed by atoms with Crippen LogP contribution in [0.25, 0.3) is 0 Å². The number of nitrogens with one attached hydrogen (secondary N) is 1.